The van der Waals surface area contributed by atoms with Crippen LogP contribution < -0.4 is 0 Å². The Bertz CT molecular complexity index is 614. The summed E-state index contributed by atoms with van der Waals surface area (Å²) in [4.78, 5) is 0. The van der Waals surface area contributed by atoms with E-state index in [1.807, 2.05) is 0 Å². The van der Waals surface area contributed by atoms with E-state index < -0.39 is 0 Å². The van der Waals surface area contributed by atoms with E-state index in [0.29, 0.717) is 23.3 Å². The van der Waals surface area contributed by atoms with E-state index in [9.17, 15) is 0 Å². The van der Waals surface area contributed by atoms with Crippen molar-refractivity contribution in [3.63, 3.8) is 0 Å². The molecule has 0 amide bonds. The zero-order valence-electron chi connectivity index (χ0n) is 16.2. The fourth-order valence-electron chi connectivity index (χ4n) is 5.78. The van der Waals surface area contributed by atoms with Crippen molar-refractivity contribution in [3.05, 3.63) is 36.5 Å². The minimum absolute atomic E-state index is 0.539. The van der Waals surface area contributed by atoms with Gasteiger partial charge in [-0.25, -0.2) is 0 Å². The number of hydrogen-bond acceptors (Lipinski definition) is 2. The van der Waals surface area contributed by atoms with Gasteiger partial charge in [0.2, 0.25) is 0 Å². The molecule has 0 aromatic carbocycles. The van der Waals surface area contributed by atoms with Crippen LogP contribution in [0.1, 0.15) is 59.3 Å². The third-order valence-electron chi connectivity index (χ3n) is 7.28. The standard InChI is InChI=1S/C23H34N2/c1-4-6-8-11-17(3)19-16-25(24-21(19)13-9-7-5-2)22-20-15-18-12-10-14-23(18,20)22/h4,6,8,10-11,14,17-20,22H,5,7,9,12-13,15-16H2,1-3H3/b6-4-,11-8-. The van der Waals surface area contributed by atoms with Crippen molar-refractivity contribution in [1.29, 1.82) is 0 Å². The second-order valence-corrected chi connectivity index (χ2v) is 8.67. The molecule has 0 saturated heterocycles. The fourth-order valence-corrected chi connectivity index (χ4v) is 5.78. The highest BCUT2D eigenvalue weighted by Crippen LogP contribution is 2.76. The Balaban J connectivity index is 1.46. The average Bonchev–Trinajstić information content (AvgIpc) is 2.88. The molecule has 0 radical (unpaired) electrons. The lowest BCUT2D eigenvalue weighted by Crippen LogP contribution is -2.29. The maximum absolute atomic E-state index is 5.21. The van der Waals surface area contributed by atoms with Gasteiger partial charge in [-0.1, -0.05) is 63.1 Å². The summed E-state index contributed by atoms with van der Waals surface area (Å²) in [7, 11) is 0. The number of unbranched alkanes of at least 4 members (excludes halogenated alkanes) is 2. The maximum atomic E-state index is 5.21. The van der Waals surface area contributed by atoms with Gasteiger partial charge in [-0.05, 0) is 50.4 Å². The Kier molecular flexibility index (Phi) is 4.64. The van der Waals surface area contributed by atoms with Gasteiger partial charge >= 0.3 is 0 Å². The fraction of sp³-hybridized carbons (Fsp3) is 0.696. The molecular formula is C23H34N2. The Morgan fingerprint density at radius 1 is 1.36 bits per heavy atom. The molecular weight excluding hydrogens is 304 g/mol. The zero-order valence-corrected chi connectivity index (χ0v) is 16.2. The van der Waals surface area contributed by atoms with E-state index >= 15 is 0 Å². The van der Waals surface area contributed by atoms with Gasteiger partial charge in [0.05, 0.1) is 6.04 Å². The van der Waals surface area contributed by atoms with Crippen LogP contribution >= 0.6 is 0 Å². The van der Waals surface area contributed by atoms with Crippen LogP contribution in [0.2, 0.25) is 0 Å². The van der Waals surface area contributed by atoms with Gasteiger partial charge in [0, 0.05) is 23.6 Å². The largest absolute Gasteiger partial charge is 0.292 e. The summed E-state index contributed by atoms with van der Waals surface area (Å²) in [5.41, 5.74) is 2.02. The lowest BCUT2D eigenvalue weighted by molar-refractivity contribution is 0.212. The molecule has 4 rings (SSSR count). The van der Waals surface area contributed by atoms with E-state index in [1.165, 1.54) is 44.2 Å². The van der Waals surface area contributed by atoms with Crippen LogP contribution in [-0.2, 0) is 0 Å². The molecule has 2 saturated carbocycles. The van der Waals surface area contributed by atoms with E-state index in [2.05, 4.69) is 62.2 Å². The van der Waals surface area contributed by atoms with Crippen molar-refractivity contribution in [2.75, 3.05) is 6.54 Å². The smallest absolute Gasteiger partial charge is 0.0605 e. The first-order valence-electron chi connectivity index (χ1n) is 10.5. The molecule has 4 aliphatic rings. The second kappa shape index (κ2) is 6.78. The zero-order chi connectivity index (χ0) is 17.4. The summed E-state index contributed by atoms with van der Waals surface area (Å²) < 4.78 is 0. The molecule has 136 valence electrons. The van der Waals surface area contributed by atoms with E-state index in [4.69, 9.17) is 5.10 Å². The summed E-state index contributed by atoms with van der Waals surface area (Å²) >= 11 is 0. The Labute approximate surface area is 153 Å². The van der Waals surface area contributed by atoms with Crippen molar-refractivity contribution in [2.45, 2.75) is 65.3 Å². The third-order valence-corrected chi connectivity index (χ3v) is 7.28. The van der Waals surface area contributed by atoms with Crippen molar-refractivity contribution in [1.82, 2.24) is 5.01 Å². The minimum Gasteiger partial charge on any atom is -0.292 e. The maximum Gasteiger partial charge on any atom is 0.0605 e. The highest BCUT2D eigenvalue weighted by atomic mass is 15.5. The molecule has 0 aromatic heterocycles. The first-order valence-corrected chi connectivity index (χ1v) is 10.5. The summed E-state index contributed by atoms with van der Waals surface area (Å²) in [6.45, 7) is 7.89. The molecule has 6 atom stereocenters. The third kappa shape index (κ3) is 2.73. The summed E-state index contributed by atoms with van der Waals surface area (Å²) in [6.07, 6.45) is 21.7. The Hall–Kier alpha value is -1.31. The molecule has 25 heavy (non-hydrogen) atoms. The molecule has 0 N–H and O–H groups in total. The molecule has 2 heteroatoms. The highest BCUT2D eigenvalue weighted by Gasteiger charge is 2.77. The van der Waals surface area contributed by atoms with Gasteiger partial charge in [-0.15, -0.1) is 0 Å². The normalized spacial score (nSPS) is 39.6. The number of nitrogens with zero attached hydrogens (tertiary/aromatic N) is 2. The molecule has 0 aromatic rings. The monoisotopic (exact) mass is 338 g/mol. The number of allylic oxidation sites excluding steroid dienone is 5. The number of rotatable bonds is 8. The van der Waals surface area contributed by atoms with Crippen molar-refractivity contribution in [2.24, 2.45) is 34.2 Å². The molecule has 1 aliphatic heterocycles. The minimum atomic E-state index is 0.539. The van der Waals surface area contributed by atoms with Crippen molar-refractivity contribution < 1.29 is 0 Å². The lowest BCUT2D eigenvalue weighted by atomic mass is 9.75. The molecule has 1 spiro atoms. The van der Waals surface area contributed by atoms with E-state index in [1.54, 1.807) is 0 Å². The highest BCUT2D eigenvalue weighted by molar-refractivity contribution is 5.88. The van der Waals surface area contributed by atoms with Crippen LogP contribution in [0.5, 0.6) is 0 Å². The van der Waals surface area contributed by atoms with Crippen LogP contribution in [0.15, 0.2) is 41.6 Å². The summed E-state index contributed by atoms with van der Waals surface area (Å²) in [6, 6.07) is 0.717. The molecule has 1 heterocycles. The number of hydrazone groups is 1. The first kappa shape index (κ1) is 17.1. The SMILES string of the molecule is C/C=C\C=C/C(C)C1CN(C2C3CC4CC=CC432)N=C1CCCCC. The Morgan fingerprint density at radius 2 is 2.24 bits per heavy atom. The molecule has 2 fully saturated rings. The van der Waals surface area contributed by atoms with Gasteiger partial charge < -0.3 is 0 Å². The topological polar surface area (TPSA) is 15.6 Å². The van der Waals surface area contributed by atoms with Gasteiger partial charge in [-0.3, -0.25) is 5.01 Å². The quantitative estimate of drug-likeness (QED) is 0.320. The van der Waals surface area contributed by atoms with Gasteiger partial charge in [0.25, 0.3) is 0 Å². The molecule has 2 nitrogen and oxygen atoms in total. The summed E-state index contributed by atoms with van der Waals surface area (Å²) in [5.74, 6) is 3.03. The summed E-state index contributed by atoms with van der Waals surface area (Å²) in [5, 5.41) is 7.73. The van der Waals surface area contributed by atoms with Crippen molar-refractivity contribution in [3.8, 4) is 0 Å². The van der Waals surface area contributed by atoms with Crippen LogP contribution in [0.25, 0.3) is 0 Å². The second-order valence-electron chi connectivity index (χ2n) is 8.67. The van der Waals surface area contributed by atoms with E-state index in [-0.39, 0.29) is 0 Å². The van der Waals surface area contributed by atoms with Gasteiger partial charge in [0.1, 0.15) is 0 Å². The molecule has 6 unspecified atom stereocenters. The lowest BCUT2D eigenvalue weighted by Gasteiger charge is -2.28. The van der Waals surface area contributed by atoms with Crippen molar-refractivity contribution >= 4 is 5.71 Å². The van der Waals surface area contributed by atoms with Crippen LogP contribution in [0, 0.1) is 29.1 Å². The predicted molar refractivity (Wildman–Crippen MR) is 106 cm³/mol. The van der Waals surface area contributed by atoms with Gasteiger partial charge in [0.15, 0.2) is 0 Å². The molecule has 3 aliphatic carbocycles. The Morgan fingerprint density at radius 3 is 3.00 bits per heavy atom. The molecule has 0 bridgehead atoms. The van der Waals surface area contributed by atoms with Crippen LogP contribution in [0.3, 0.4) is 0 Å². The van der Waals surface area contributed by atoms with E-state index in [0.717, 1.165) is 18.4 Å². The average molecular weight is 339 g/mol. The van der Waals surface area contributed by atoms with Crippen LogP contribution in [-0.4, -0.2) is 23.3 Å². The van der Waals surface area contributed by atoms with Gasteiger partial charge in [-0.2, -0.15) is 5.10 Å². The first-order chi connectivity index (χ1) is 12.2. The van der Waals surface area contributed by atoms with Crippen LogP contribution in [0.4, 0.5) is 0 Å². The number of hydrogen-bond donors (Lipinski definition) is 0. The predicted octanol–water partition coefficient (Wildman–Crippen LogP) is 5.59.